The molecule has 5 nitrogen and oxygen atoms in total. The minimum absolute atomic E-state index is 0.0425. The summed E-state index contributed by atoms with van der Waals surface area (Å²) in [6.45, 7) is 1.64. The van der Waals surface area contributed by atoms with E-state index in [2.05, 4.69) is 0 Å². The Labute approximate surface area is 133 Å². The molecule has 1 aliphatic heterocycles. The number of fused-ring (bicyclic) bond motifs is 1. The standard InChI is InChI=1S/C18H15NO4/c1-12(11-23-18(22)13-7-3-2-4-8-13)19-16(20)14-9-5-6-10-15(14)17(19)21/h2-10,12H,11H2,1H3. The third kappa shape index (κ3) is 2.73. The van der Waals surface area contributed by atoms with Crippen LogP contribution in [0.25, 0.3) is 0 Å². The number of amides is 2. The Balaban J connectivity index is 1.68. The Hall–Kier alpha value is -2.95. The lowest BCUT2D eigenvalue weighted by molar-refractivity contribution is 0.0329. The summed E-state index contributed by atoms with van der Waals surface area (Å²) in [5.74, 6) is -1.18. The highest BCUT2D eigenvalue weighted by Crippen LogP contribution is 2.24. The van der Waals surface area contributed by atoms with Crippen molar-refractivity contribution in [3.05, 3.63) is 71.3 Å². The maximum absolute atomic E-state index is 12.3. The first-order chi connectivity index (χ1) is 11.1. The molecular weight excluding hydrogens is 294 g/mol. The highest BCUT2D eigenvalue weighted by Gasteiger charge is 2.38. The Morgan fingerprint density at radius 2 is 1.48 bits per heavy atom. The van der Waals surface area contributed by atoms with Gasteiger partial charge < -0.3 is 4.74 Å². The summed E-state index contributed by atoms with van der Waals surface area (Å²) in [6.07, 6.45) is 0. The molecule has 0 fully saturated rings. The van der Waals surface area contributed by atoms with Crippen LogP contribution in [0.4, 0.5) is 0 Å². The van der Waals surface area contributed by atoms with Crippen molar-refractivity contribution in [2.45, 2.75) is 13.0 Å². The monoisotopic (exact) mass is 309 g/mol. The quantitative estimate of drug-likeness (QED) is 0.643. The molecule has 1 atom stereocenters. The first kappa shape index (κ1) is 15.0. The second-order valence-corrected chi connectivity index (χ2v) is 5.34. The lowest BCUT2D eigenvalue weighted by atomic mass is 10.1. The van der Waals surface area contributed by atoms with E-state index in [1.54, 1.807) is 61.5 Å². The van der Waals surface area contributed by atoms with Crippen LogP contribution in [0.2, 0.25) is 0 Å². The van der Waals surface area contributed by atoms with Gasteiger partial charge in [-0.3, -0.25) is 14.5 Å². The van der Waals surface area contributed by atoms with E-state index in [1.807, 2.05) is 0 Å². The maximum Gasteiger partial charge on any atom is 0.338 e. The normalized spacial score (nSPS) is 14.6. The first-order valence-corrected chi connectivity index (χ1v) is 7.28. The Bertz CT molecular complexity index is 735. The van der Waals surface area contributed by atoms with Gasteiger partial charge in [-0.05, 0) is 31.2 Å². The number of hydrogen-bond donors (Lipinski definition) is 0. The van der Waals surface area contributed by atoms with Gasteiger partial charge in [0, 0.05) is 0 Å². The molecule has 0 aromatic heterocycles. The third-order valence-corrected chi connectivity index (χ3v) is 3.73. The maximum atomic E-state index is 12.3. The first-order valence-electron chi connectivity index (χ1n) is 7.28. The van der Waals surface area contributed by atoms with E-state index in [0.717, 1.165) is 4.90 Å². The minimum Gasteiger partial charge on any atom is -0.460 e. The van der Waals surface area contributed by atoms with Crippen molar-refractivity contribution in [3.63, 3.8) is 0 Å². The van der Waals surface area contributed by atoms with E-state index < -0.39 is 12.0 Å². The van der Waals surface area contributed by atoms with E-state index in [-0.39, 0.29) is 18.4 Å². The molecular formula is C18H15NO4. The Morgan fingerprint density at radius 3 is 2.04 bits per heavy atom. The summed E-state index contributed by atoms with van der Waals surface area (Å²) in [4.78, 5) is 37.7. The average molecular weight is 309 g/mol. The van der Waals surface area contributed by atoms with Gasteiger partial charge in [-0.25, -0.2) is 4.79 Å². The van der Waals surface area contributed by atoms with Crippen LogP contribution in [0.3, 0.4) is 0 Å². The van der Waals surface area contributed by atoms with Crippen molar-refractivity contribution in [2.75, 3.05) is 6.61 Å². The molecule has 1 heterocycles. The zero-order chi connectivity index (χ0) is 16.4. The zero-order valence-electron chi connectivity index (χ0n) is 12.6. The largest absolute Gasteiger partial charge is 0.460 e. The zero-order valence-corrected chi connectivity index (χ0v) is 12.6. The van der Waals surface area contributed by atoms with Crippen LogP contribution in [0.5, 0.6) is 0 Å². The lowest BCUT2D eigenvalue weighted by Crippen LogP contribution is -2.41. The van der Waals surface area contributed by atoms with E-state index in [0.29, 0.717) is 16.7 Å². The molecule has 0 saturated heterocycles. The van der Waals surface area contributed by atoms with Gasteiger partial charge in [-0.15, -0.1) is 0 Å². The number of rotatable bonds is 4. The Kier molecular flexibility index (Phi) is 3.93. The summed E-state index contributed by atoms with van der Waals surface area (Å²) >= 11 is 0. The van der Waals surface area contributed by atoms with Crippen LogP contribution in [0.1, 0.15) is 38.0 Å². The molecule has 23 heavy (non-hydrogen) atoms. The van der Waals surface area contributed by atoms with Crippen molar-refractivity contribution < 1.29 is 19.1 Å². The van der Waals surface area contributed by atoms with Gasteiger partial charge in [0.2, 0.25) is 0 Å². The highest BCUT2D eigenvalue weighted by molar-refractivity contribution is 6.21. The van der Waals surface area contributed by atoms with E-state index in [4.69, 9.17) is 4.74 Å². The van der Waals surface area contributed by atoms with Gasteiger partial charge in [0.05, 0.1) is 22.7 Å². The van der Waals surface area contributed by atoms with Crippen LogP contribution >= 0.6 is 0 Å². The molecule has 1 unspecified atom stereocenters. The van der Waals surface area contributed by atoms with E-state index in [1.165, 1.54) is 0 Å². The molecule has 0 aliphatic carbocycles. The minimum atomic E-state index is -0.532. The number of carbonyl (C=O) groups excluding carboxylic acids is 3. The molecule has 1 aliphatic rings. The molecule has 0 bridgehead atoms. The van der Waals surface area contributed by atoms with Crippen LogP contribution < -0.4 is 0 Å². The molecule has 2 amide bonds. The molecule has 2 aromatic rings. The van der Waals surface area contributed by atoms with E-state index >= 15 is 0 Å². The number of imide groups is 1. The van der Waals surface area contributed by atoms with Gasteiger partial charge in [0.25, 0.3) is 11.8 Å². The average Bonchev–Trinajstić information content (AvgIpc) is 2.85. The lowest BCUT2D eigenvalue weighted by Gasteiger charge is -2.22. The highest BCUT2D eigenvalue weighted by atomic mass is 16.5. The van der Waals surface area contributed by atoms with Gasteiger partial charge in [-0.1, -0.05) is 30.3 Å². The topological polar surface area (TPSA) is 63.7 Å². The second kappa shape index (κ2) is 6.04. The van der Waals surface area contributed by atoms with Crippen molar-refractivity contribution in [1.29, 1.82) is 0 Å². The van der Waals surface area contributed by atoms with Crippen LogP contribution in [-0.4, -0.2) is 35.3 Å². The molecule has 3 rings (SSSR count). The molecule has 0 N–H and O–H groups in total. The molecule has 0 radical (unpaired) electrons. The number of carbonyl (C=O) groups is 3. The number of nitrogens with zero attached hydrogens (tertiary/aromatic N) is 1. The summed E-state index contributed by atoms with van der Waals surface area (Å²) in [5.41, 5.74) is 1.21. The SMILES string of the molecule is CC(COC(=O)c1ccccc1)N1C(=O)c2ccccc2C1=O. The van der Waals surface area contributed by atoms with Crippen LogP contribution in [0.15, 0.2) is 54.6 Å². The number of hydrogen-bond acceptors (Lipinski definition) is 4. The summed E-state index contributed by atoms with van der Waals surface area (Å²) in [7, 11) is 0. The van der Waals surface area contributed by atoms with Crippen molar-refractivity contribution in [1.82, 2.24) is 4.90 Å². The van der Waals surface area contributed by atoms with Crippen LogP contribution in [-0.2, 0) is 4.74 Å². The van der Waals surface area contributed by atoms with Crippen molar-refractivity contribution >= 4 is 17.8 Å². The smallest absolute Gasteiger partial charge is 0.338 e. The molecule has 2 aromatic carbocycles. The second-order valence-electron chi connectivity index (χ2n) is 5.34. The van der Waals surface area contributed by atoms with Gasteiger partial charge in [0.15, 0.2) is 0 Å². The molecule has 116 valence electrons. The van der Waals surface area contributed by atoms with Crippen LogP contribution in [0, 0.1) is 0 Å². The summed E-state index contributed by atoms with van der Waals surface area (Å²) < 4.78 is 5.21. The van der Waals surface area contributed by atoms with Crippen molar-refractivity contribution in [3.8, 4) is 0 Å². The van der Waals surface area contributed by atoms with Gasteiger partial charge in [0.1, 0.15) is 6.61 Å². The fraction of sp³-hybridized carbons (Fsp3) is 0.167. The summed E-state index contributed by atoms with van der Waals surface area (Å²) in [6, 6.07) is 14.7. The fourth-order valence-electron chi connectivity index (χ4n) is 2.54. The van der Waals surface area contributed by atoms with Gasteiger partial charge in [-0.2, -0.15) is 0 Å². The van der Waals surface area contributed by atoms with E-state index in [9.17, 15) is 14.4 Å². The summed E-state index contributed by atoms with van der Waals surface area (Å²) in [5, 5.41) is 0. The number of esters is 1. The Morgan fingerprint density at radius 1 is 0.957 bits per heavy atom. The number of ether oxygens (including phenoxy) is 1. The molecule has 5 heteroatoms. The van der Waals surface area contributed by atoms with Crippen molar-refractivity contribution in [2.24, 2.45) is 0 Å². The fourth-order valence-corrected chi connectivity index (χ4v) is 2.54. The third-order valence-electron chi connectivity index (χ3n) is 3.73. The molecule has 0 saturated carbocycles. The number of benzene rings is 2. The molecule has 0 spiro atoms. The van der Waals surface area contributed by atoms with Gasteiger partial charge >= 0.3 is 5.97 Å². The predicted molar refractivity (Wildman–Crippen MR) is 83.1 cm³/mol. The predicted octanol–water partition coefficient (Wildman–Crippen LogP) is 2.53.